The molecule has 0 radical (unpaired) electrons. The van der Waals surface area contributed by atoms with Gasteiger partial charge >= 0.3 is 5.97 Å². The Labute approximate surface area is 129 Å². The van der Waals surface area contributed by atoms with Gasteiger partial charge in [-0.3, -0.25) is 4.79 Å². The van der Waals surface area contributed by atoms with Crippen molar-refractivity contribution in [1.29, 1.82) is 0 Å². The Morgan fingerprint density at radius 1 is 1.19 bits per heavy atom. The van der Waals surface area contributed by atoms with Gasteiger partial charge in [-0.15, -0.1) is 11.6 Å². The standard InChI is InChI=1S/C16H21ClO4/c1-10(18)21-14-5-3-2-4-13-15(14)8-11-12(9-16(13,15)17)20-7-6-19-11/h13-14H,2-9H2,1H3/t13-,14-,15-,16-/m0/s1. The average Bonchev–Trinajstić information content (AvgIpc) is 3.02. The summed E-state index contributed by atoms with van der Waals surface area (Å²) in [5.74, 6) is 2.06. The average molecular weight is 313 g/mol. The van der Waals surface area contributed by atoms with Gasteiger partial charge in [-0.05, 0) is 25.2 Å². The van der Waals surface area contributed by atoms with Crippen molar-refractivity contribution in [2.45, 2.75) is 56.4 Å². The molecule has 5 heteroatoms. The van der Waals surface area contributed by atoms with Crippen LogP contribution in [0.2, 0.25) is 0 Å². The second-order valence-corrected chi connectivity index (χ2v) is 7.41. The van der Waals surface area contributed by atoms with Crippen molar-refractivity contribution in [1.82, 2.24) is 0 Å². The van der Waals surface area contributed by atoms with Gasteiger partial charge in [0.2, 0.25) is 0 Å². The zero-order valence-corrected chi connectivity index (χ0v) is 13.1. The van der Waals surface area contributed by atoms with E-state index in [2.05, 4.69) is 0 Å². The minimum Gasteiger partial charge on any atom is -0.491 e. The Balaban J connectivity index is 1.70. The number of rotatable bonds is 1. The molecular formula is C16H21ClO4. The van der Waals surface area contributed by atoms with E-state index in [-0.39, 0.29) is 22.4 Å². The molecule has 0 amide bonds. The predicted molar refractivity (Wildman–Crippen MR) is 76.7 cm³/mol. The van der Waals surface area contributed by atoms with Crippen LogP contribution in [0.1, 0.15) is 45.4 Å². The quantitative estimate of drug-likeness (QED) is 0.551. The maximum absolute atomic E-state index is 11.5. The summed E-state index contributed by atoms with van der Waals surface area (Å²) < 4.78 is 17.3. The summed E-state index contributed by atoms with van der Waals surface area (Å²) in [4.78, 5) is 11.2. The fourth-order valence-corrected chi connectivity index (χ4v) is 5.60. The molecule has 0 aromatic carbocycles. The van der Waals surface area contributed by atoms with E-state index in [0.29, 0.717) is 25.6 Å². The van der Waals surface area contributed by atoms with Crippen LogP contribution >= 0.6 is 11.6 Å². The van der Waals surface area contributed by atoms with Crippen molar-refractivity contribution in [3.63, 3.8) is 0 Å². The van der Waals surface area contributed by atoms with Crippen molar-refractivity contribution in [2.24, 2.45) is 11.3 Å². The first-order valence-corrected chi connectivity index (χ1v) is 8.29. The molecule has 0 aromatic heterocycles. The van der Waals surface area contributed by atoms with Crippen LogP contribution in [0.15, 0.2) is 11.5 Å². The SMILES string of the molecule is CC(=O)O[C@H]1CCCC[C@H]2[C@@]13CC1=C(C[C@]23Cl)OCCO1. The molecule has 2 saturated carbocycles. The zero-order valence-electron chi connectivity index (χ0n) is 12.3. The van der Waals surface area contributed by atoms with Gasteiger partial charge in [0.05, 0.1) is 4.87 Å². The van der Waals surface area contributed by atoms with E-state index in [1.54, 1.807) is 0 Å². The molecule has 1 heterocycles. The van der Waals surface area contributed by atoms with Crippen molar-refractivity contribution < 1.29 is 19.0 Å². The molecule has 1 aliphatic heterocycles. The second kappa shape index (κ2) is 4.55. The summed E-state index contributed by atoms with van der Waals surface area (Å²) >= 11 is 7.02. The maximum atomic E-state index is 11.5. The third-order valence-electron chi connectivity index (χ3n) is 5.77. The third kappa shape index (κ3) is 1.77. The maximum Gasteiger partial charge on any atom is 0.302 e. The molecule has 0 saturated heterocycles. The number of hydrogen-bond acceptors (Lipinski definition) is 4. The lowest BCUT2D eigenvalue weighted by Crippen LogP contribution is -2.37. The second-order valence-electron chi connectivity index (χ2n) is 6.73. The Bertz CT molecular complexity index is 516. The highest BCUT2D eigenvalue weighted by Gasteiger charge is 2.81. The molecular weight excluding hydrogens is 292 g/mol. The van der Waals surface area contributed by atoms with Crippen LogP contribution in [0.5, 0.6) is 0 Å². The minimum absolute atomic E-state index is 0.0837. The van der Waals surface area contributed by atoms with Crippen LogP contribution < -0.4 is 0 Å². The number of ether oxygens (including phenoxy) is 3. The first-order chi connectivity index (χ1) is 10.1. The Morgan fingerprint density at radius 3 is 2.57 bits per heavy atom. The molecule has 0 aromatic rings. The molecule has 21 heavy (non-hydrogen) atoms. The number of hydrogen-bond donors (Lipinski definition) is 0. The monoisotopic (exact) mass is 312 g/mol. The largest absolute Gasteiger partial charge is 0.491 e. The molecule has 116 valence electrons. The van der Waals surface area contributed by atoms with Crippen molar-refractivity contribution in [2.75, 3.05) is 13.2 Å². The lowest BCUT2D eigenvalue weighted by Gasteiger charge is -2.36. The van der Waals surface area contributed by atoms with Gasteiger partial charge in [0.25, 0.3) is 0 Å². The van der Waals surface area contributed by atoms with Crippen molar-refractivity contribution in [3.8, 4) is 0 Å². The van der Waals surface area contributed by atoms with Crippen LogP contribution in [0.25, 0.3) is 0 Å². The first kappa shape index (κ1) is 13.7. The third-order valence-corrected chi connectivity index (χ3v) is 6.52. The van der Waals surface area contributed by atoms with Gasteiger partial charge in [0.15, 0.2) is 0 Å². The van der Waals surface area contributed by atoms with E-state index >= 15 is 0 Å². The number of fused-ring (bicyclic) bond motifs is 1. The van der Waals surface area contributed by atoms with E-state index < -0.39 is 0 Å². The molecule has 4 rings (SSSR count). The van der Waals surface area contributed by atoms with Gasteiger partial charge in [-0.25, -0.2) is 0 Å². The minimum atomic E-state index is -0.312. The molecule has 1 spiro atoms. The topological polar surface area (TPSA) is 44.8 Å². The number of esters is 1. The highest BCUT2D eigenvalue weighted by atomic mass is 35.5. The molecule has 0 bridgehead atoms. The van der Waals surface area contributed by atoms with Crippen LogP contribution in [-0.4, -0.2) is 30.2 Å². The molecule has 0 N–H and O–H groups in total. The summed E-state index contributed by atoms with van der Waals surface area (Å²) in [7, 11) is 0. The summed E-state index contributed by atoms with van der Waals surface area (Å²) in [5, 5.41) is 0. The Morgan fingerprint density at radius 2 is 1.86 bits per heavy atom. The van der Waals surface area contributed by atoms with Crippen LogP contribution in [0.3, 0.4) is 0 Å². The fraction of sp³-hybridized carbons (Fsp3) is 0.812. The molecule has 4 nitrogen and oxygen atoms in total. The number of carbonyl (C=O) groups excluding carboxylic acids is 1. The lowest BCUT2D eigenvalue weighted by atomic mass is 9.83. The van der Waals surface area contributed by atoms with E-state index in [4.69, 9.17) is 25.8 Å². The molecule has 4 atom stereocenters. The fourth-order valence-electron chi connectivity index (χ4n) is 4.91. The van der Waals surface area contributed by atoms with Crippen molar-refractivity contribution >= 4 is 17.6 Å². The van der Waals surface area contributed by atoms with E-state index in [1.165, 1.54) is 6.92 Å². The smallest absolute Gasteiger partial charge is 0.302 e. The normalized spacial score (nSPS) is 44.3. The molecule has 3 aliphatic carbocycles. The van der Waals surface area contributed by atoms with Gasteiger partial charge < -0.3 is 14.2 Å². The van der Waals surface area contributed by atoms with Crippen LogP contribution in [0.4, 0.5) is 0 Å². The number of allylic oxidation sites excluding steroid dienone is 2. The van der Waals surface area contributed by atoms with E-state index in [9.17, 15) is 4.79 Å². The van der Waals surface area contributed by atoms with Crippen molar-refractivity contribution in [3.05, 3.63) is 11.5 Å². The Hall–Kier alpha value is -0.900. The summed E-state index contributed by atoms with van der Waals surface area (Å²) in [6.45, 7) is 2.70. The first-order valence-electron chi connectivity index (χ1n) is 7.92. The van der Waals surface area contributed by atoms with Gasteiger partial charge in [0, 0.05) is 25.2 Å². The molecule has 4 aliphatic rings. The zero-order chi connectivity index (χ0) is 14.7. The lowest BCUT2D eigenvalue weighted by molar-refractivity contribution is -0.151. The van der Waals surface area contributed by atoms with Gasteiger partial charge in [-0.1, -0.05) is 6.42 Å². The van der Waals surface area contributed by atoms with Gasteiger partial charge in [0.1, 0.15) is 30.8 Å². The summed E-state index contributed by atoms with van der Waals surface area (Å²) in [6.07, 6.45) is 5.67. The number of alkyl halides is 1. The molecule has 0 unspecified atom stereocenters. The number of carbonyl (C=O) groups is 1. The molecule has 2 fully saturated rings. The summed E-state index contributed by atoms with van der Waals surface area (Å²) in [5.41, 5.74) is -0.143. The highest BCUT2D eigenvalue weighted by Crippen LogP contribution is 2.78. The Kier molecular flexibility index (Phi) is 2.97. The summed E-state index contributed by atoms with van der Waals surface area (Å²) in [6, 6.07) is 0. The number of halogens is 1. The van der Waals surface area contributed by atoms with Crippen LogP contribution in [0, 0.1) is 11.3 Å². The van der Waals surface area contributed by atoms with Crippen LogP contribution in [-0.2, 0) is 19.0 Å². The van der Waals surface area contributed by atoms with E-state index in [0.717, 1.165) is 43.6 Å². The van der Waals surface area contributed by atoms with E-state index in [1.807, 2.05) is 0 Å². The predicted octanol–water partition coefficient (Wildman–Crippen LogP) is 3.14. The van der Waals surface area contributed by atoms with Gasteiger partial charge in [-0.2, -0.15) is 0 Å². The highest BCUT2D eigenvalue weighted by molar-refractivity contribution is 6.27.